The molecule has 1 unspecified atom stereocenters. The fraction of sp³-hybridized carbons (Fsp3) is 0.182. The van der Waals surface area contributed by atoms with Crippen molar-refractivity contribution >= 4 is 11.3 Å². The van der Waals surface area contributed by atoms with Crippen LogP contribution in [0, 0.1) is 12.7 Å². The fourth-order valence-electron chi connectivity index (χ4n) is 1.48. The lowest BCUT2D eigenvalue weighted by atomic mass is 10.0. The first-order valence-electron chi connectivity index (χ1n) is 4.58. The van der Waals surface area contributed by atoms with Gasteiger partial charge in [-0.25, -0.2) is 4.39 Å². The first-order valence-corrected chi connectivity index (χ1v) is 5.46. The zero-order chi connectivity index (χ0) is 10.8. The van der Waals surface area contributed by atoms with E-state index < -0.39 is 0 Å². The maximum absolute atomic E-state index is 13.1. The van der Waals surface area contributed by atoms with Gasteiger partial charge in [0.1, 0.15) is 5.82 Å². The number of halogens is 1. The largest absolute Gasteiger partial charge is 0.320 e. The van der Waals surface area contributed by atoms with Crippen LogP contribution in [0.5, 0.6) is 0 Å². The number of hydrogen-bond acceptors (Lipinski definition) is 3. The van der Waals surface area contributed by atoms with Crippen LogP contribution in [0.1, 0.15) is 22.0 Å². The number of aromatic nitrogens is 1. The van der Waals surface area contributed by atoms with Crippen LogP contribution < -0.4 is 5.73 Å². The van der Waals surface area contributed by atoms with E-state index in [0.29, 0.717) is 0 Å². The molecule has 0 aliphatic rings. The van der Waals surface area contributed by atoms with Crippen LogP contribution in [-0.2, 0) is 0 Å². The molecule has 1 aromatic heterocycles. The van der Waals surface area contributed by atoms with Gasteiger partial charge in [0.25, 0.3) is 0 Å². The molecule has 0 spiro atoms. The van der Waals surface area contributed by atoms with Gasteiger partial charge in [-0.2, -0.15) is 0 Å². The summed E-state index contributed by atoms with van der Waals surface area (Å²) in [4.78, 5) is 4.91. The van der Waals surface area contributed by atoms with Gasteiger partial charge < -0.3 is 5.73 Å². The Labute approximate surface area is 91.6 Å². The highest BCUT2D eigenvalue weighted by molar-refractivity contribution is 7.09. The maximum atomic E-state index is 13.1. The van der Waals surface area contributed by atoms with E-state index in [1.807, 2.05) is 6.92 Å². The highest BCUT2D eigenvalue weighted by Gasteiger charge is 2.13. The van der Waals surface area contributed by atoms with Crippen molar-refractivity contribution in [3.05, 3.63) is 51.7 Å². The third-order valence-corrected chi connectivity index (χ3v) is 3.19. The van der Waals surface area contributed by atoms with Crippen LogP contribution in [0.2, 0.25) is 0 Å². The summed E-state index contributed by atoms with van der Waals surface area (Å²) in [5.74, 6) is -0.254. The third kappa shape index (κ3) is 2.06. The second kappa shape index (κ2) is 4.08. The molecule has 2 nitrogen and oxygen atoms in total. The summed E-state index contributed by atoms with van der Waals surface area (Å²) < 4.78 is 13.1. The highest BCUT2D eigenvalue weighted by atomic mass is 32.1. The normalized spacial score (nSPS) is 12.7. The number of thiazole rings is 1. The minimum atomic E-state index is -0.284. The summed E-state index contributed by atoms with van der Waals surface area (Å²) >= 11 is 1.48. The Morgan fingerprint density at radius 2 is 2.27 bits per heavy atom. The Morgan fingerprint density at radius 3 is 2.93 bits per heavy atom. The van der Waals surface area contributed by atoms with Crippen molar-refractivity contribution in [2.75, 3.05) is 0 Å². The minimum Gasteiger partial charge on any atom is -0.320 e. The van der Waals surface area contributed by atoms with E-state index >= 15 is 0 Å². The van der Waals surface area contributed by atoms with E-state index in [1.165, 1.54) is 23.5 Å². The Bertz CT molecular complexity index is 454. The van der Waals surface area contributed by atoms with E-state index in [4.69, 9.17) is 5.73 Å². The predicted octanol–water partition coefficient (Wildman–Crippen LogP) is 2.64. The van der Waals surface area contributed by atoms with Gasteiger partial charge in [-0.1, -0.05) is 6.07 Å². The predicted molar refractivity (Wildman–Crippen MR) is 59.3 cm³/mol. The number of aryl methyl sites for hydroxylation is 1. The van der Waals surface area contributed by atoms with Gasteiger partial charge in [0.15, 0.2) is 0 Å². The number of hydrogen-bond donors (Lipinski definition) is 1. The van der Waals surface area contributed by atoms with Gasteiger partial charge >= 0.3 is 0 Å². The van der Waals surface area contributed by atoms with Crippen LogP contribution in [0.4, 0.5) is 4.39 Å². The zero-order valence-electron chi connectivity index (χ0n) is 8.27. The second-order valence-corrected chi connectivity index (χ2v) is 4.30. The van der Waals surface area contributed by atoms with Gasteiger partial charge in [-0.05, 0) is 30.2 Å². The lowest BCUT2D eigenvalue weighted by Gasteiger charge is -2.12. The van der Waals surface area contributed by atoms with E-state index in [9.17, 15) is 4.39 Å². The van der Waals surface area contributed by atoms with Crippen LogP contribution in [0.15, 0.2) is 29.9 Å². The van der Waals surface area contributed by atoms with Crippen molar-refractivity contribution in [2.45, 2.75) is 13.0 Å². The third-order valence-electron chi connectivity index (χ3n) is 2.33. The van der Waals surface area contributed by atoms with Crippen molar-refractivity contribution < 1.29 is 4.39 Å². The summed E-state index contributed by atoms with van der Waals surface area (Å²) in [6, 6.07) is 4.39. The average Bonchev–Trinajstić information content (AvgIpc) is 2.74. The van der Waals surface area contributed by atoms with Crippen LogP contribution in [0.3, 0.4) is 0 Å². The summed E-state index contributed by atoms with van der Waals surface area (Å²) in [5, 5.41) is 0. The van der Waals surface area contributed by atoms with Gasteiger partial charge in [-0.3, -0.25) is 4.98 Å². The molecular weight excluding hydrogens is 211 g/mol. The van der Waals surface area contributed by atoms with Crippen molar-refractivity contribution in [3.63, 3.8) is 0 Å². The molecule has 1 atom stereocenters. The smallest absolute Gasteiger partial charge is 0.123 e. The monoisotopic (exact) mass is 222 g/mol. The molecule has 0 fully saturated rings. The molecule has 0 saturated heterocycles. The van der Waals surface area contributed by atoms with Crippen molar-refractivity contribution in [3.8, 4) is 0 Å². The number of rotatable bonds is 2. The Hall–Kier alpha value is -1.26. The van der Waals surface area contributed by atoms with Crippen molar-refractivity contribution in [1.29, 1.82) is 0 Å². The standard InChI is InChI=1S/C11H11FN2S/c1-7-2-3-8(12)4-9(7)11(13)10-5-14-6-15-10/h2-6,11H,13H2,1H3. The first-order chi connectivity index (χ1) is 7.18. The Morgan fingerprint density at radius 1 is 1.47 bits per heavy atom. The average molecular weight is 222 g/mol. The molecule has 0 aliphatic carbocycles. The molecule has 1 heterocycles. The molecule has 4 heteroatoms. The molecule has 1 aromatic carbocycles. The highest BCUT2D eigenvalue weighted by Crippen LogP contribution is 2.25. The molecule has 2 N–H and O–H groups in total. The van der Waals surface area contributed by atoms with E-state index in [-0.39, 0.29) is 11.9 Å². The van der Waals surface area contributed by atoms with E-state index in [1.54, 1.807) is 17.8 Å². The minimum absolute atomic E-state index is 0.254. The molecule has 0 amide bonds. The molecule has 0 saturated carbocycles. The number of nitrogens with two attached hydrogens (primary N) is 1. The van der Waals surface area contributed by atoms with Crippen molar-refractivity contribution in [1.82, 2.24) is 4.98 Å². The topological polar surface area (TPSA) is 38.9 Å². The Balaban J connectivity index is 2.41. The van der Waals surface area contributed by atoms with E-state index in [2.05, 4.69) is 4.98 Å². The molecule has 15 heavy (non-hydrogen) atoms. The molecule has 2 aromatic rings. The summed E-state index contributed by atoms with van der Waals surface area (Å²) in [6.45, 7) is 1.93. The zero-order valence-corrected chi connectivity index (χ0v) is 9.09. The molecule has 0 bridgehead atoms. The SMILES string of the molecule is Cc1ccc(F)cc1C(N)c1cncs1. The number of nitrogens with zero attached hydrogens (tertiary/aromatic N) is 1. The maximum Gasteiger partial charge on any atom is 0.123 e. The summed E-state index contributed by atoms with van der Waals surface area (Å²) in [7, 11) is 0. The summed E-state index contributed by atoms with van der Waals surface area (Å²) in [5.41, 5.74) is 9.58. The van der Waals surface area contributed by atoms with Gasteiger partial charge in [0.05, 0.1) is 11.6 Å². The lowest BCUT2D eigenvalue weighted by Crippen LogP contribution is -2.12. The number of benzene rings is 1. The molecular formula is C11H11FN2S. The van der Waals surface area contributed by atoms with Crippen LogP contribution in [-0.4, -0.2) is 4.98 Å². The van der Waals surface area contributed by atoms with E-state index in [0.717, 1.165) is 16.0 Å². The quantitative estimate of drug-likeness (QED) is 0.848. The van der Waals surface area contributed by atoms with Crippen LogP contribution in [0.25, 0.3) is 0 Å². The molecule has 2 rings (SSSR count). The van der Waals surface area contributed by atoms with Gasteiger partial charge in [0.2, 0.25) is 0 Å². The molecule has 78 valence electrons. The van der Waals surface area contributed by atoms with Crippen molar-refractivity contribution in [2.24, 2.45) is 5.73 Å². The van der Waals surface area contributed by atoms with Crippen LogP contribution >= 0.6 is 11.3 Å². The Kier molecular flexibility index (Phi) is 2.79. The van der Waals surface area contributed by atoms with Gasteiger partial charge in [-0.15, -0.1) is 11.3 Å². The molecule has 0 aliphatic heterocycles. The fourth-order valence-corrected chi connectivity index (χ4v) is 2.12. The second-order valence-electron chi connectivity index (χ2n) is 3.38. The van der Waals surface area contributed by atoms with Gasteiger partial charge in [0, 0.05) is 11.1 Å². The summed E-state index contributed by atoms with van der Waals surface area (Å²) in [6.07, 6.45) is 1.72. The molecule has 0 radical (unpaired) electrons. The lowest BCUT2D eigenvalue weighted by molar-refractivity contribution is 0.623. The first kappa shape index (κ1) is 10.3.